The number of carbonyl (C=O) groups is 1. The number of hydrogen-bond acceptors (Lipinski definition) is 4. The Labute approximate surface area is 157 Å². The molecule has 0 atom stereocenters. The van der Waals surface area contributed by atoms with Crippen molar-refractivity contribution in [1.29, 1.82) is 0 Å². The van der Waals surface area contributed by atoms with Crippen LogP contribution in [0.15, 0.2) is 60.8 Å². The monoisotopic (exact) mass is 366 g/mol. The zero-order chi connectivity index (χ0) is 18.4. The number of nitrogens with zero attached hydrogens (tertiary/aromatic N) is 2. The molecule has 0 bridgehead atoms. The first-order valence-electron chi connectivity index (χ1n) is 8.26. The summed E-state index contributed by atoms with van der Waals surface area (Å²) in [5.74, 6) is 0.142. The van der Waals surface area contributed by atoms with Gasteiger partial charge in [0.1, 0.15) is 5.69 Å². The molecule has 0 saturated heterocycles. The minimum absolute atomic E-state index is 0.272. The second-order valence-electron chi connectivity index (χ2n) is 5.88. The zero-order valence-electron chi connectivity index (χ0n) is 14.4. The van der Waals surface area contributed by atoms with Crippen LogP contribution in [0.2, 0.25) is 5.02 Å². The van der Waals surface area contributed by atoms with Crippen LogP contribution in [0.4, 0.5) is 5.95 Å². The van der Waals surface area contributed by atoms with Crippen LogP contribution < -0.4 is 10.6 Å². The Morgan fingerprint density at radius 2 is 1.92 bits per heavy atom. The number of amides is 1. The van der Waals surface area contributed by atoms with Crippen LogP contribution in [0.25, 0.3) is 0 Å². The molecule has 0 saturated carbocycles. The number of hydrogen-bond donors (Lipinski definition) is 2. The summed E-state index contributed by atoms with van der Waals surface area (Å²) < 4.78 is 0. The van der Waals surface area contributed by atoms with E-state index in [0.717, 1.165) is 11.1 Å². The van der Waals surface area contributed by atoms with Crippen LogP contribution in [0, 0.1) is 6.92 Å². The Morgan fingerprint density at radius 3 is 2.73 bits per heavy atom. The van der Waals surface area contributed by atoms with E-state index in [1.807, 2.05) is 43.3 Å². The zero-order valence-corrected chi connectivity index (χ0v) is 15.1. The third-order valence-corrected chi connectivity index (χ3v) is 4.19. The average Bonchev–Trinajstić information content (AvgIpc) is 2.66. The van der Waals surface area contributed by atoms with Crippen molar-refractivity contribution in [2.75, 3.05) is 5.32 Å². The van der Waals surface area contributed by atoms with Crippen LogP contribution in [0.5, 0.6) is 0 Å². The van der Waals surface area contributed by atoms with Gasteiger partial charge in [0.25, 0.3) is 5.91 Å². The van der Waals surface area contributed by atoms with Crippen LogP contribution in [-0.4, -0.2) is 15.9 Å². The molecule has 132 valence electrons. The van der Waals surface area contributed by atoms with Gasteiger partial charge in [-0.1, -0.05) is 59.6 Å². The molecule has 0 aliphatic heterocycles. The van der Waals surface area contributed by atoms with Crippen LogP contribution in [-0.2, 0) is 13.1 Å². The summed E-state index contributed by atoms with van der Waals surface area (Å²) in [6.07, 6.45) is 1.57. The summed E-state index contributed by atoms with van der Waals surface area (Å²) in [6.45, 7) is 2.98. The highest BCUT2D eigenvalue weighted by atomic mass is 35.5. The van der Waals surface area contributed by atoms with E-state index in [-0.39, 0.29) is 5.91 Å². The molecule has 0 spiro atoms. The van der Waals surface area contributed by atoms with Gasteiger partial charge in [0.15, 0.2) is 0 Å². The molecule has 1 amide bonds. The number of anilines is 1. The summed E-state index contributed by atoms with van der Waals surface area (Å²) in [5.41, 5.74) is 3.48. The smallest absolute Gasteiger partial charge is 0.270 e. The molecule has 6 heteroatoms. The fourth-order valence-electron chi connectivity index (χ4n) is 2.48. The minimum Gasteiger partial charge on any atom is -0.350 e. The maximum atomic E-state index is 12.3. The summed E-state index contributed by atoms with van der Waals surface area (Å²) in [5, 5.41) is 6.59. The van der Waals surface area contributed by atoms with E-state index in [4.69, 9.17) is 11.6 Å². The lowest BCUT2D eigenvalue weighted by atomic mass is 10.1. The standard InChI is InChI=1S/C20H19ClN4O/c1-14-5-4-6-15(11-14)12-24-20-22-10-9-18(25-20)19(26)23-13-16-7-2-3-8-17(16)21/h2-11H,12-13H2,1H3,(H,23,26)(H,22,24,25). The highest BCUT2D eigenvalue weighted by molar-refractivity contribution is 6.31. The Hall–Kier alpha value is -2.92. The second kappa shape index (κ2) is 8.45. The molecule has 0 fully saturated rings. The van der Waals surface area contributed by atoms with E-state index >= 15 is 0 Å². The van der Waals surface area contributed by atoms with Gasteiger partial charge in [-0.25, -0.2) is 9.97 Å². The van der Waals surface area contributed by atoms with Crippen LogP contribution in [0.3, 0.4) is 0 Å². The number of rotatable bonds is 6. The number of aryl methyl sites for hydroxylation is 1. The van der Waals surface area contributed by atoms with Crippen molar-refractivity contribution in [2.45, 2.75) is 20.0 Å². The summed E-state index contributed by atoms with van der Waals surface area (Å²) in [6, 6.07) is 17.1. The first-order chi connectivity index (χ1) is 12.6. The number of carbonyl (C=O) groups excluding carboxylic acids is 1. The Kier molecular flexibility index (Phi) is 5.81. The predicted octanol–water partition coefficient (Wildman–Crippen LogP) is 3.98. The van der Waals surface area contributed by atoms with Crippen LogP contribution in [0.1, 0.15) is 27.2 Å². The van der Waals surface area contributed by atoms with Crippen molar-refractivity contribution >= 4 is 23.5 Å². The molecule has 1 aromatic heterocycles. The van der Waals surface area contributed by atoms with Gasteiger partial charge in [0.2, 0.25) is 5.95 Å². The summed E-state index contributed by atoms with van der Waals surface area (Å²) >= 11 is 6.10. The lowest BCUT2D eigenvalue weighted by molar-refractivity contribution is 0.0946. The summed E-state index contributed by atoms with van der Waals surface area (Å²) in [4.78, 5) is 20.8. The molecule has 2 N–H and O–H groups in total. The first kappa shape index (κ1) is 17.9. The normalized spacial score (nSPS) is 10.4. The number of aromatic nitrogens is 2. The van der Waals surface area contributed by atoms with Gasteiger partial charge >= 0.3 is 0 Å². The third-order valence-electron chi connectivity index (χ3n) is 3.82. The highest BCUT2D eigenvalue weighted by Crippen LogP contribution is 2.14. The van der Waals surface area contributed by atoms with Gasteiger partial charge in [-0.05, 0) is 30.2 Å². The number of halogens is 1. The van der Waals surface area contributed by atoms with Crippen molar-refractivity contribution in [1.82, 2.24) is 15.3 Å². The molecule has 0 radical (unpaired) electrons. The molecule has 0 unspecified atom stereocenters. The fourth-order valence-corrected chi connectivity index (χ4v) is 2.68. The predicted molar refractivity (Wildman–Crippen MR) is 103 cm³/mol. The molecule has 5 nitrogen and oxygen atoms in total. The topological polar surface area (TPSA) is 66.9 Å². The lowest BCUT2D eigenvalue weighted by Gasteiger charge is -2.08. The Balaban J connectivity index is 1.61. The largest absolute Gasteiger partial charge is 0.350 e. The van der Waals surface area contributed by atoms with Crippen molar-refractivity contribution in [3.05, 3.63) is 88.2 Å². The quantitative estimate of drug-likeness (QED) is 0.692. The maximum absolute atomic E-state index is 12.3. The average molecular weight is 367 g/mol. The third kappa shape index (κ3) is 4.80. The van der Waals surface area contributed by atoms with Crippen LogP contribution >= 0.6 is 11.6 Å². The van der Waals surface area contributed by atoms with E-state index in [1.54, 1.807) is 18.3 Å². The molecular weight excluding hydrogens is 348 g/mol. The lowest BCUT2D eigenvalue weighted by Crippen LogP contribution is -2.24. The fraction of sp³-hybridized carbons (Fsp3) is 0.150. The molecule has 3 aromatic rings. The summed E-state index contributed by atoms with van der Waals surface area (Å²) in [7, 11) is 0. The van der Waals surface area contributed by atoms with E-state index in [0.29, 0.717) is 29.8 Å². The van der Waals surface area contributed by atoms with Gasteiger partial charge < -0.3 is 10.6 Å². The van der Waals surface area contributed by atoms with Crippen molar-refractivity contribution in [3.63, 3.8) is 0 Å². The Bertz CT molecular complexity index is 914. The first-order valence-corrected chi connectivity index (χ1v) is 8.64. The van der Waals surface area contributed by atoms with E-state index in [1.165, 1.54) is 5.56 Å². The molecule has 3 rings (SSSR count). The Morgan fingerprint density at radius 1 is 1.08 bits per heavy atom. The van der Waals surface area contributed by atoms with E-state index in [9.17, 15) is 4.79 Å². The molecule has 26 heavy (non-hydrogen) atoms. The minimum atomic E-state index is -0.272. The molecule has 2 aromatic carbocycles. The number of benzene rings is 2. The van der Waals surface area contributed by atoms with E-state index < -0.39 is 0 Å². The van der Waals surface area contributed by atoms with Gasteiger partial charge in [0, 0.05) is 24.3 Å². The van der Waals surface area contributed by atoms with Gasteiger partial charge in [-0.3, -0.25) is 4.79 Å². The molecular formula is C20H19ClN4O. The molecule has 1 heterocycles. The molecule has 0 aliphatic rings. The van der Waals surface area contributed by atoms with Crippen molar-refractivity contribution in [3.8, 4) is 0 Å². The molecule has 0 aliphatic carbocycles. The van der Waals surface area contributed by atoms with Gasteiger partial charge in [-0.2, -0.15) is 0 Å². The van der Waals surface area contributed by atoms with Crippen molar-refractivity contribution in [2.24, 2.45) is 0 Å². The van der Waals surface area contributed by atoms with E-state index in [2.05, 4.69) is 26.7 Å². The van der Waals surface area contributed by atoms with Crippen molar-refractivity contribution < 1.29 is 4.79 Å². The number of nitrogens with one attached hydrogen (secondary N) is 2. The second-order valence-corrected chi connectivity index (χ2v) is 6.29. The SMILES string of the molecule is Cc1cccc(CNc2nccc(C(=O)NCc3ccccc3Cl)n2)c1. The van der Waals surface area contributed by atoms with Gasteiger partial charge in [-0.15, -0.1) is 0 Å². The van der Waals surface area contributed by atoms with Gasteiger partial charge in [0.05, 0.1) is 0 Å². The highest BCUT2D eigenvalue weighted by Gasteiger charge is 2.09. The maximum Gasteiger partial charge on any atom is 0.270 e.